The molecule has 25 heavy (non-hydrogen) atoms. The average molecular weight is 372 g/mol. The van der Waals surface area contributed by atoms with Gasteiger partial charge in [0.05, 0.1) is 12.3 Å². The Morgan fingerprint density at radius 1 is 1.44 bits per heavy atom. The molecule has 136 valence electrons. The van der Waals surface area contributed by atoms with Crippen LogP contribution in [0.2, 0.25) is 0 Å². The van der Waals surface area contributed by atoms with Crippen LogP contribution in [0.15, 0.2) is 31.6 Å². The maximum Gasteiger partial charge on any atom is 0.437 e. The van der Waals surface area contributed by atoms with Crippen LogP contribution in [0.5, 0.6) is 0 Å². The molecule has 0 radical (unpaired) electrons. The molecular weight excluding hydrogens is 355 g/mol. The first-order valence-electron chi connectivity index (χ1n) is 7.13. The molecule has 0 amide bonds. The highest BCUT2D eigenvalue weighted by Gasteiger charge is 2.45. The van der Waals surface area contributed by atoms with Crippen molar-refractivity contribution < 1.29 is 28.9 Å². The summed E-state index contributed by atoms with van der Waals surface area (Å²) in [5, 5.41) is 24.2. The number of aromatic nitrogens is 5. The first-order chi connectivity index (χ1) is 11.8. The maximum atomic E-state index is 12.1. The van der Waals surface area contributed by atoms with Crippen LogP contribution in [0.4, 0.5) is 0 Å². The van der Waals surface area contributed by atoms with Gasteiger partial charge in [0.25, 0.3) is 0 Å². The summed E-state index contributed by atoms with van der Waals surface area (Å²) in [5.74, 6) is 0.157. The lowest BCUT2D eigenvalue weighted by atomic mass is 10.1. The second kappa shape index (κ2) is 6.67. The highest BCUT2D eigenvalue weighted by atomic mass is 31.2. The van der Waals surface area contributed by atoms with Crippen molar-refractivity contribution in [3.05, 3.63) is 37.5 Å². The quantitative estimate of drug-likeness (QED) is 0.446. The van der Waals surface area contributed by atoms with Gasteiger partial charge in [0.15, 0.2) is 12.1 Å². The summed E-state index contributed by atoms with van der Waals surface area (Å²) in [6.07, 6.45) is 0.151. The fourth-order valence-electron chi connectivity index (χ4n) is 2.27. The lowest BCUT2D eigenvalue weighted by molar-refractivity contribution is -0.0566. The van der Waals surface area contributed by atoms with Crippen LogP contribution in [-0.2, 0) is 13.8 Å². The fourth-order valence-corrected chi connectivity index (χ4v) is 3.16. The molecule has 2 aromatic heterocycles. The predicted octanol–water partition coefficient (Wildman–Crippen LogP) is -1.31. The Hall–Kier alpha value is -2.08. The lowest BCUT2D eigenvalue weighted by Gasteiger charge is -2.17. The second-order valence-electron chi connectivity index (χ2n) is 5.35. The zero-order chi connectivity index (χ0) is 18.2. The van der Waals surface area contributed by atoms with Gasteiger partial charge in [-0.25, -0.2) is 23.6 Å². The van der Waals surface area contributed by atoms with Crippen LogP contribution in [0.25, 0.3) is 5.70 Å². The predicted molar refractivity (Wildman–Crippen MR) is 82.6 cm³/mol. The van der Waals surface area contributed by atoms with Crippen molar-refractivity contribution in [3.8, 4) is 0 Å². The highest BCUT2D eigenvalue weighted by molar-refractivity contribution is 7.51. The number of hydrogen-bond acceptors (Lipinski definition) is 9. The van der Waals surface area contributed by atoms with Gasteiger partial charge in [0, 0.05) is 12.4 Å². The van der Waals surface area contributed by atoms with Gasteiger partial charge in [-0.3, -0.25) is 4.52 Å². The summed E-state index contributed by atoms with van der Waals surface area (Å²) in [6.45, 7) is 3.06. The van der Waals surface area contributed by atoms with Crippen molar-refractivity contribution in [1.29, 1.82) is 0 Å². The van der Waals surface area contributed by atoms with Gasteiger partial charge in [-0.05, 0) is 0 Å². The van der Waals surface area contributed by atoms with E-state index in [2.05, 4.69) is 21.6 Å². The van der Waals surface area contributed by atoms with Crippen molar-refractivity contribution in [3.63, 3.8) is 0 Å². The number of aliphatic hydroxyl groups excluding tert-OH is 2. The average Bonchev–Trinajstić information content (AvgIpc) is 3.28. The van der Waals surface area contributed by atoms with Crippen LogP contribution in [0.1, 0.15) is 12.1 Å². The SMILES string of the molecule is C=C(N)c1ncn([C@@H]2O[C@H](COP(=O)(O)n3ccnc3)[C@@H](O)[C@H]2O)n1. The summed E-state index contributed by atoms with van der Waals surface area (Å²) < 4.78 is 24.6. The van der Waals surface area contributed by atoms with E-state index in [0.29, 0.717) is 0 Å². The Morgan fingerprint density at radius 3 is 2.80 bits per heavy atom. The largest absolute Gasteiger partial charge is 0.437 e. The molecule has 0 spiro atoms. The van der Waals surface area contributed by atoms with Gasteiger partial charge in [-0.15, -0.1) is 5.10 Å². The summed E-state index contributed by atoms with van der Waals surface area (Å²) in [7, 11) is -4.18. The summed E-state index contributed by atoms with van der Waals surface area (Å²) in [5.41, 5.74) is 5.62. The Morgan fingerprint density at radius 2 is 2.20 bits per heavy atom. The first-order valence-corrected chi connectivity index (χ1v) is 8.66. The fraction of sp³-hybridized carbons (Fsp3) is 0.417. The normalized spacial score (nSPS) is 28.8. The van der Waals surface area contributed by atoms with Crippen LogP contribution >= 0.6 is 7.75 Å². The minimum absolute atomic E-state index is 0.133. The van der Waals surface area contributed by atoms with Crippen molar-refractivity contribution in [1.82, 2.24) is 24.1 Å². The van der Waals surface area contributed by atoms with Gasteiger partial charge in [0.2, 0.25) is 0 Å². The monoisotopic (exact) mass is 372 g/mol. The molecule has 0 bridgehead atoms. The molecule has 1 aliphatic heterocycles. The van der Waals surface area contributed by atoms with E-state index in [9.17, 15) is 19.7 Å². The molecule has 0 saturated carbocycles. The van der Waals surface area contributed by atoms with E-state index in [-0.39, 0.29) is 11.5 Å². The minimum Gasteiger partial charge on any atom is -0.396 e. The lowest BCUT2D eigenvalue weighted by Crippen LogP contribution is -2.33. The maximum absolute atomic E-state index is 12.1. The molecule has 0 aliphatic carbocycles. The summed E-state index contributed by atoms with van der Waals surface area (Å²) in [4.78, 5) is 17.4. The van der Waals surface area contributed by atoms with Crippen LogP contribution in [0.3, 0.4) is 0 Å². The second-order valence-corrected chi connectivity index (χ2v) is 7.05. The van der Waals surface area contributed by atoms with Crippen molar-refractivity contribution in [2.45, 2.75) is 24.5 Å². The van der Waals surface area contributed by atoms with Crippen LogP contribution in [0, 0.1) is 0 Å². The molecule has 1 unspecified atom stereocenters. The van der Waals surface area contributed by atoms with Crippen molar-refractivity contribution in [2.24, 2.45) is 5.73 Å². The third kappa shape index (κ3) is 3.49. The number of nitrogens with two attached hydrogens (primary N) is 1. The molecule has 5 atom stereocenters. The summed E-state index contributed by atoms with van der Waals surface area (Å²) >= 11 is 0. The number of hydrogen-bond donors (Lipinski definition) is 4. The first kappa shape index (κ1) is 17.7. The highest BCUT2D eigenvalue weighted by Crippen LogP contribution is 2.44. The van der Waals surface area contributed by atoms with E-state index in [1.165, 1.54) is 23.4 Å². The van der Waals surface area contributed by atoms with Gasteiger partial charge in [-0.1, -0.05) is 6.58 Å². The Kier molecular flexibility index (Phi) is 4.73. The smallest absolute Gasteiger partial charge is 0.396 e. The van der Waals surface area contributed by atoms with E-state index < -0.39 is 38.9 Å². The standard InChI is InChI=1S/C12H17N6O6P/c1-7(13)11-15-6-18(16-11)12-10(20)9(19)8(24-12)4-23-25(21,22)17-3-2-14-5-17/h2-3,5-6,8-10,12,19-20H,1,4,13H2,(H,21,22)/t8-,9-,10-,12-/m1/s1. The summed E-state index contributed by atoms with van der Waals surface area (Å²) in [6, 6.07) is 0. The number of imidazole rings is 1. The molecule has 13 heteroatoms. The van der Waals surface area contributed by atoms with Crippen molar-refractivity contribution >= 4 is 13.4 Å². The van der Waals surface area contributed by atoms with Gasteiger partial charge >= 0.3 is 7.75 Å². The number of rotatable bonds is 6. The van der Waals surface area contributed by atoms with E-state index in [1.807, 2.05) is 0 Å². The van der Waals surface area contributed by atoms with Crippen LogP contribution in [-0.4, -0.2) is 64.1 Å². The molecule has 2 aromatic rings. The van der Waals surface area contributed by atoms with Gasteiger partial charge < -0.3 is 25.6 Å². The van der Waals surface area contributed by atoms with E-state index in [1.54, 1.807) is 0 Å². The Labute approximate surface area is 141 Å². The number of aliphatic hydroxyl groups is 2. The Balaban J connectivity index is 1.67. The molecular formula is C12H17N6O6P. The number of nitrogens with zero attached hydrogens (tertiary/aromatic N) is 5. The van der Waals surface area contributed by atoms with E-state index in [4.69, 9.17) is 15.0 Å². The molecule has 3 heterocycles. The molecule has 3 rings (SSSR count). The third-order valence-electron chi connectivity index (χ3n) is 3.58. The third-order valence-corrected chi connectivity index (χ3v) is 4.89. The van der Waals surface area contributed by atoms with E-state index in [0.717, 1.165) is 10.7 Å². The van der Waals surface area contributed by atoms with Gasteiger partial charge in [0.1, 0.15) is 31.0 Å². The zero-order valence-electron chi connectivity index (χ0n) is 12.9. The number of ether oxygens (including phenoxy) is 1. The van der Waals surface area contributed by atoms with Crippen molar-refractivity contribution in [2.75, 3.05) is 6.61 Å². The zero-order valence-corrected chi connectivity index (χ0v) is 13.8. The minimum atomic E-state index is -4.18. The Bertz CT molecular complexity index is 794. The van der Waals surface area contributed by atoms with Gasteiger partial charge in [-0.2, -0.15) is 0 Å². The van der Waals surface area contributed by atoms with E-state index >= 15 is 0 Å². The van der Waals surface area contributed by atoms with Crippen LogP contribution < -0.4 is 5.73 Å². The molecule has 5 N–H and O–H groups in total. The molecule has 1 fully saturated rings. The molecule has 1 aliphatic rings. The topological polar surface area (TPSA) is 171 Å². The molecule has 1 saturated heterocycles. The molecule has 0 aromatic carbocycles. The molecule has 12 nitrogen and oxygen atoms in total.